The Kier molecular flexibility index (Phi) is 4.60. The first-order valence-electron chi connectivity index (χ1n) is 6.27. The molecule has 0 saturated heterocycles. The lowest BCUT2D eigenvalue weighted by molar-refractivity contribution is 0.0635. The first-order chi connectivity index (χ1) is 7.63. The fourth-order valence-electron chi connectivity index (χ4n) is 2.37. The molecule has 1 N–H and O–H groups in total. The summed E-state index contributed by atoms with van der Waals surface area (Å²) >= 11 is 0. The van der Waals surface area contributed by atoms with Gasteiger partial charge in [-0.1, -0.05) is 33.6 Å². The summed E-state index contributed by atoms with van der Waals surface area (Å²) in [6, 6.07) is -0.240. The highest BCUT2D eigenvalue weighted by atomic mass is 32.2. The van der Waals surface area contributed by atoms with E-state index in [1.165, 1.54) is 4.31 Å². The first-order valence-corrected chi connectivity index (χ1v) is 7.88. The number of hydrogen-bond donors (Lipinski definition) is 1. The van der Waals surface area contributed by atoms with E-state index in [0.717, 1.165) is 19.3 Å². The monoisotopic (exact) mass is 263 g/mol. The fourth-order valence-corrected chi connectivity index (χ4v) is 4.33. The van der Waals surface area contributed by atoms with Crippen molar-refractivity contribution in [2.75, 3.05) is 12.8 Å². The molecule has 0 aromatic carbocycles. The number of aliphatic hydroxyl groups is 1. The first kappa shape index (κ1) is 14.9. The molecule has 0 aromatic heterocycles. The molecule has 1 fully saturated rings. The molecule has 0 bridgehead atoms. The van der Waals surface area contributed by atoms with Crippen LogP contribution in [0.5, 0.6) is 0 Å². The topological polar surface area (TPSA) is 57.6 Å². The second kappa shape index (κ2) is 5.24. The summed E-state index contributed by atoms with van der Waals surface area (Å²) in [7, 11) is -1.68. The van der Waals surface area contributed by atoms with E-state index in [-0.39, 0.29) is 17.2 Å². The van der Waals surface area contributed by atoms with Crippen molar-refractivity contribution in [1.82, 2.24) is 4.31 Å². The van der Waals surface area contributed by atoms with Gasteiger partial charge < -0.3 is 5.11 Å². The quantitative estimate of drug-likeness (QED) is 0.841. The van der Waals surface area contributed by atoms with E-state index in [1.54, 1.807) is 7.05 Å². The van der Waals surface area contributed by atoms with E-state index in [9.17, 15) is 13.5 Å². The molecule has 0 aliphatic heterocycles. The Morgan fingerprint density at radius 3 is 2.24 bits per heavy atom. The molecule has 0 amide bonds. The third-order valence-electron chi connectivity index (χ3n) is 3.22. The van der Waals surface area contributed by atoms with E-state index in [4.69, 9.17) is 0 Å². The van der Waals surface area contributed by atoms with Gasteiger partial charge in [0.2, 0.25) is 10.0 Å². The van der Waals surface area contributed by atoms with Crippen molar-refractivity contribution in [3.05, 3.63) is 0 Å². The molecule has 5 heteroatoms. The van der Waals surface area contributed by atoms with Crippen LogP contribution in [0.25, 0.3) is 0 Å². The average molecular weight is 263 g/mol. The molecule has 1 aliphatic rings. The van der Waals surface area contributed by atoms with Gasteiger partial charge in [-0.25, -0.2) is 8.42 Å². The number of nitrogens with zero attached hydrogens (tertiary/aromatic N) is 1. The van der Waals surface area contributed by atoms with Gasteiger partial charge in [0.1, 0.15) is 0 Å². The summed E-state index contributed by atoms with van der Waals surface area (Å²) in [6.45, 7) is 5.74. The van der Waals surface area contributed by atoms with Gasteiger partial charge >= 0.3 is 0 Å². The molecular weight excluding hydrogens is 238 g/mol. The number of likely N-dealkylation sites (N-methyl/N-ethyl adjacent to an activating group) is 1. The maximum absolute atomic E-state index is 12.2. The van der Waals surface area contributed by atoms with Crippen LogP contribution >= 0.6 is 0 Å². The summed E-state index contributed by atoms with van der Waals surface area (Å²) < 4.78 is 25.8. The summed E-state index contributed by atoms with van der Waals surface area (Å²) in [4.78, 5) is 0. The van der Waals surface area contributed by atoms with Crippen molar-refractivity contribution in [2.24, 2.45) is 5.41 Å². The molecule has 17 heavy (non-hydrogen) atoms. The molecule has 1 rings (SSSR count). The summed E-state index contributed by atoms with van der Waals surface area (Å²) in [5.74, 6) is 0.125. The van der Waals surface area contributed by atoms with Gasteiger partial charge in [0.05, 0.1) is 17.9 Å². The van der Waals surface area contributed by atoms with Crippen LogP contribution < -0.4 is 0 Å². The average Bonchev–Trinajstić information content (AvgIpc) is 2.13. The molecule has 1 aliphatic carbocycles. The van der Waals surface area contributed by atoms with Gasteiger partial charge in [0.25, 0.3) is 0 Å². The van der Waals surface area contributed by atoms with Crippen LogP contribution in [-0.4, -0.2) is 42.8 Å². The van der Waals surface area contributed by atoms with Crippen LogP contribution in [0.15, 0.2) is 0 Å². The SMILES string of the molecule is CN(C1CCCCC1O)S(=O)(=O)CC(C)(C)C. The van der Waals surface area contributed by atoms with Crippen LogP contribution in [0, 0.1) is 5.41 Å². The maximum Gasteiger partial charge on any atom is 0.214 e. The number of hydrogen-bond acceptors (Lipinski definition) is 3. The van der Waals surface area contributed by atoms with Crippen molar-refractivity contribution in [1.29, 1.82) is 0 Å². The molecule has 4 nitrogen and oxygen atoms in total. The zero-order chi connectivity index (χ0) is 13.3. The number of sulfonamides is 1. The zero-order valence-electron chi connectivity index (χ0n) is 11.3. The molecule has 0 radical (unpaired) electrons. The van der Waals surface area contributed by atoms with E-state index >= 15 is 0 Å². The van der Waals surface area contributed by atoms with Gasteiger partial charge in [0, 0.05) is 7.05 Å². The Morgan fingerprint density at radius 1 is 1.24 bits per heavy atom. The smallest absolute Gasteiger partial charge is 0.214 e. The minimum atomic E-state index is -3.28. The van der Waals surface area contributed by atoms with Gasteiger partial charge in [0.15, 0.2) is 0 Å². The summed E-state index contributed by atoms with van der Waals surface area (Å²) in [5.41, 5.74) is -0.257. The Balaban J connectivity index is 2.77. The van der Waals surface area contributed by atoms with Crippen molar-refractivity contribution in [3.63, 3.8) is 0 Å². The molecular formula is C12H25NO3S. The predicted octanol–water partition coefficient (Wildman–Crippen LogP) is 1.60. The number of aliphatic hydroxyl groups excluding tert-OH is 1. The lowest BCUT2D eigenvalue weighted by Gasteiger charge is -2.35. The minimum Gasteiger partial charge on any atom is -0.391 e. The van der Waals surface area contributed by atoms with Gasteiger partial charge in [-0.05, 0) is 18.3 Å². The molecule has 1 saturated carbocycles. The second-order valence-corrected chi connectivity index (χ2v) is 8.28. The highest BCUT2D eigenvalue weighted by Gasteiger charge is 2.35. The Morgan fingerprint density at radius 2 is 1.76 bits per heavy atom. The van der Waals surface area contributed by atoms with Gasteiger partial charge in [-0.2, -0.15) is 4.31 Å². The number of rotatable bonds is 3. The standard InChI is InChI=1S/C12H25NO3S/c1-12(2,3)9-17(15,16)13(4)10-7-5-6-8-11(10)14/h10-11,14H,5-9H2,1-4H3. The van der Waals surface area contributed by atoms with Crippen molar-refractivity contribution in [2.45, 2.75) is 58.6 Å². The fraction of sp³-hybridized carbons (Fsp3) is 1.00. The predicted molar refractivity (Wildman–Crippen MR) is 69.3 cm³/mol. The lowest BCUT2D eigenvalue weighted by atomic mass is 9.93. The third kappa shape index (κ3) is 4.23. The molecule has 0 heterocycles. The van der Waals surface area contributed by atoms with Crippen molar-refractivity contribution < 1.29 is 13.5 Å². The minimum absolute atomic E-state index is 0.125. The van der Waals surface area contributed by atoms with Crippen LogP contribution in [0.2, 0.25) is 0 Å². The summed E-state index contributed by atoms with van der Waals surface area (Å²) in [6.07, 6.45) is 2.95. The van der Waals surface area contributed by atoms with Crippen LogP contribution in [0.3, 0.4) is 0 Å². The van der Waals surface area contributed by atoms with Crippen molar-refractivity contribution in [3.8, 4) is 0 Å². The molecule has 0 spiro atoms. The van der Waals surface area contributed by atoms with Gasteiger partial charge in [-0.15, -0.1) is 0 Å². The van der Waals surface area contributed by atoms with E-state index < -0.39 is 16.1 Å². The summed E-state index contributed by atoms with van der Waals surface area (Å²) in [5, 5.41) is 9.89. The molecule has 0 aromatic rings. The van der Waals surface area contributed by atoms with Crippen LogP contribution in [0.4, 0.5) is 0 Å². The van der Waals surface area contributed by atoms with E-state index in [0.29, 0.717) is 6.42 Å². The largest absolute Gasteiger partial charge is 0.391 e. The Bertz CT molecular complexity index is 345. The lowest BCUT2D eigenvalue weighted by Crippen LogP contribution is -2.48. The van der Waals surface area contributed by atoms with Crippen LogP contribution in [0.1, 0.15) is 46.5 Å². The normalized spacial score (nSPS) is 27.4. The van der Waals surface area contributed by atoms with Gasteiger partial charge in [-0.3, -0.25) is 0 Å². The zero-order valence-corrected chi connectivity index (χ0v) is 12.1. The third-order valence-corrected chi connectivity index (χ3v) is 5.59. The Hall–Kier alpha value is -0.130. The van der Waals surface area contributed by atoms with E-state index in [2.05, 4.69) is 0 Å². The molecule has 2 atom stereocenters. The van der Waals surface area contributed by atoms with Crippen molar-refractivity contribution >= 4 is 10.0 Å². The maximum atomic E-state index is 12.2. The molecule has 102 valence electrons. The molecule has 2 unspecified atom stereocenters. The highest BCUT2D eigenvalue weighted by Crippen LogP contribution is 2.26. The van der Waals surface area contributed by atoms with Crippen LogP contribution in [-0.2, 0) is 10.0 Å². The Labute approximate surface area is 105 Å². The highest BCUT2D eigenvalue weighted by molar-refractivity contribution is 7.89. The van der Waals surface area contributed by atoms with E-state index in [1.807, 2.05) is 20.8 Å². The second-order valence-electron chi connectivity index (χ2n) is 6.25.